The number of nitrogens with one attached hydrogen (secondary N) is 3. The van der Waals surface area contributed by atoms with E-state index in [1.807, 2.05) is 20.8 Å². The second kappa shape index (κ2) is 5.33. The van der Waals surface area contributed by atoms with Gasteiger partial charge in [-0.15, -0.1) is 0 Å². The summed E-state index contributed by atoms with van der Waals surface area (Å²) in [5.74, 6) is -0.281. The molecule has 5 nitrogen and oxygen atoms in total. The molecule has 19 heavy (non-hydrogen) atoms. The highest BCUT2D eigenvalue weighted by molar-refractivity contribution is 6.05. The topological polar surface area (TPSA) is 85.2 Å². The fraction of sp³-hybridized carbons (Fsp3) is 0.714. The molecule has 0 spiro atoms. The van der Waals surface area contributed by atoms with Crippen LogP contribution in [-0.2, 0) is 4.79 Å². The molecular formula is C14H25N3O2. The van der Waals surface area contributed by atoms with Crippen LogP contribution in [0, 0.1) is 10.8 Å². The smallest absolute Gasteiger partial charge is 0.245 e. The second-order valence-corrected chi connectivity index (χ2v) is 6.69. The first-order valence-corrected chi connectivity index (χ1v) is 6.61. The van der Waals surface area contributed by atoms with Gasteiger partial charge in [0.1, 0.15) is 11.6 Å². The molecule has 108 valence electrons. The van der Waals surface area contributed by atoms with Crippen LogP contribution in [-0.4, -0.2) is 28.4 Å². The van der Waals surface area contributed by atoms with Gasteiger partial charge >= 0.3 is 0 Å². The summed E-state index contributed by atoms with van der Waals surface area (Å²) in [7, 11) is 0. The van der Waals surface area contributed by atoms with Crippen LogP contribution in [0.4, 0.5) is 0 Å². The summed E-state index contributed by atoms with van der Waals surface area (Å²) in [6, 6.07) is 0.411. The maximum atomic E-state index is 12.0. The number of amidine groups is 1. The number of hydrogen-bond donors (Lipinski definition) is 4. The van der Waals surface area contributed by atoms with Gasteiger partial charge in [0.15, 0.2) is 0 Å². The third-order valence-corrected chi connectivity index (χ3v) is 3.01. The van der Waals surface area contributed by atoms with Crippen LogP contribution < -0.4 is 10.6 Å². The average molecular weight is 267 g/mol. The minimum Gasteiger partial charge on any atom is -0.512 e. The number of rotatable bonds is 4. The molecule has 0 aliphatic heterocycles. The van der Waals surface area contributed by atoms with E-state index in [0.29, 0.717) is 6.04 Å². The lowest BCUT2D eigenvalue weighted by atomic mass is 9.93. The maximum absolute atomic E-state index is 12.0. The highest BCUT2D eigenvalue weighted by Gasteiger charge is 2.34. The Morgan fingerprint density at radius 3 is 2.21 bits per heavy atom. The van der Waals surface area contributed by atoms with Crippen molar-refractivity contribution in [2.45, 2.75) is 59.0 Å². The molecule has 1 aliphatic rings. The van der Waals surface area contributed by atoms with Gasteiger partial charge in [-0.3, -0.25) is 10.2 Å². The highest BCUT2D eigenvalue weighted by Crippen LogP contribution is 2.23. The fourth-order valence-corrected chi connectivity index (χ4v) is 1.47. The molecule has 1 saturated carbocycles. The Balaban J connectivity index is 2.58. The summed E-state index contributed by atoms with van der Waals surface area (Å²) >= 11 is 0. The molecule has 0 bridgehead atoms. The Kier molecular flexibility index (Phi) is 4.40. The summed E-state index contributed by atoms with van der Waals surface area (Å²) in [5, 5.41) is 23.2. The van der Waals surface area contributed by atoms with Gasteiger partial charge in [0.2, 0.25) is 5.91 Å². The van der Waals surface area contributed by atoms with Gasteiger partial charge in [-0.05, 0) is 26.7 Å². The predicted octanol–water partition coefficient (Wildman–Crippen LogP) is 2.10. The minimum absolute atomic E-state index is 0.0748. The van der Waals surface area contributed by atoms with E-state index < -0.39 is 11.0 Å². The molecule has 1 fully saturated rings. The van der Waals surface area contributed by atoms with Gasteiger partial charge in [0, 0.05) is 17.5 Å². The van der Waals surface area contributed by atoms with E-state index in [1.54, 1.807) is 13.8 Å². The lowest BCUT2D eigenvalue weighted by Crippen LogP contribution is -2.54. The van der Waals surface area contributed by atoms with E-state index in [0.717, 1.165) is 12.8 Å². The van der Waals surface area contributed by atoms with Crippen LogP contribution in [0.1, 0.15) is 47.5 Å². The lowest BCUT2D eigenvalue weighted by Gasteiger charge is -2.25. The van der Waals surface area contributed by atoms with Crippen LogP contribution in [0.15, 0.2) is 11.8 Å². The summed E-state index contributed by atoms with van der Waals surface area (Å²) in [4.78, 5) is 12.0. The van der Waals surface area contributed by atoms with E-state index in [4.69, 9.17) is 5.41 Å². The van der Waals surface area contributed by atoms with Crippen LogP contribution >= 0.6 is 0 Å². The zero-order chi connectivity index (χ0) is 14.8. The summed E-state index contributed by atoms with van der Waals surface area (Å²) in [6.07, 6.45) is 3.48. The van der Waals surface area contributed by atoms with Crippen molar-refractivity contribution < 1.29 is 9.90 Å². The second-order valence-electron chi connectivity index (χ2n) is 6.69. The molecule has 1 rings (SSSR count). The molecular weight excluding hydrogens is 242 g/mol. The molecule has 1 aliphatic carbocycles. The summed E-state index contributed by atoms with van der Waals surface area (Å²) < 4.78 is 0. The number of allylic oxidation sites excluding steroid dienone is 1. The van der Waals surface area contributed by atoms with Gasteiger partial charge in [0.05, 0.1) is 5.54 Å². The standard InChI is InChI=1S/C14H25N3O2/c1-13(2,3)10(18)8-11(15)16-12(19)14(4,5)17-9-6-7-9/h8-9,17-18H,6-7H2,1-5H3,(H2,15,16,19)/b10-8-. The summed E-state index contributed by atoms with van der Waals surface area (Å²) in [5.41, 5.74) is -1.14. The van der Waals surface area contributed by atoms with Crippen molar-refractivity contribution >= 4 is 11.7 Å². The van der Waals surface area contributed by atoms with Crippen molar-refractivity contribution in [3.8, 4) is 0 Å². The highest BCUT2D eigenvalue weighted by atomic mass is 16.3. The van der Waals surface area contributed by atoms with Gasteiger partial charge < -0.3 is 15.7 Å². The van der Waals surface area contributed by atoms with E-state index in [-0.39, 0.29) is 17.5 Å². The Morgan fingerprint density at radius 1 is 1.26 bits per heavy atom. The number of hydrogen-bond acceptors (Lipinski definition) is 4. The third kappa shape index (κ3) is 5.03. The molecule has 0 heterocycles. The Labute approximate surface area is 115 Å². The van der Waals surface area contributed by atoms with E-state index >= 15 is 0 Å². The van der Waals surface area contributed by atoms with Crippen LogP contribution in [0.2, 0.25) is 0 Å². The quantitative estimate of drug-likeness (QED) is 0.357. The van der Waals surface area contributed by atoms with Crippen molar-refractivity contribution in [1.29, 1.82) is 5.41 Å². The molecule has 1 amide bonds. The lowest BCUT2D eigenvalue weighted by molar-refractivity contribution is -0.125. The Bertz CT molecular complexity index is 401. The van der Waals surface area contributed by atoms with Gasteiger partial charge in [-0.2, -0.15) is 0 Å². The first-order chi connectivity index (χ1) is 8.52. The van der Waals surface area contributed by atoms with Crippen molar-refractivity contribution in [3.63, 3.8) is 0 Å². The number of aliphatic hydroxyl groups is 1. The number of carbonyl (C=O) groups excluding carboxylic acids is 1. The zero-order valence-corrected chi connectivity index (χ0v) is 12.4. The molecule has 0 saturated heterocycles. The van der Waals surface area contributed by atoms with E-state index in [2.05, 4.69) is 10.6 Å². The third-order valence-electron chi connectivity index (χ3n) is 3.01. The van der Waals surface area contributed by atoms with Crippen molar-refractivity contribution in [1.82, 2.24) is 10.6 Å². The molecule has 0 aromatic carbocycles. The minimum atomic E-state index is -0.710. The molecule has 0 atom stereocenters. The number of amides is 1. The summed E-state index contributed by atoms with van der Waals surface area (Å²) in [6.45, 7) is 9.11. The molecule has 0 aromatic rings. The van der Waals surface area contributed by atoms with Crippen molar-refractivity contribution in [3.05, 3.63) is 11.8 Å². The Hall–Kier alpha value is -1.36. The molecule has 0 radical (unpaired) electrons. The van der Waals surface area contributed by atoms with Gasteiger partial charge in [-0.25, -0.2) is 0 Å². The number of aliphatic hydroxyl groups excluding tert-OH is 1. The zero-order valence-electron chi connectivity index (χ0n) is 12.4. The monoisotopic (exact) mass is 267 g/mol. The first kappa shape index (κ1) is 15.7. The molecule has 0 aromatic heterocycles. The van der Waals surface area contributed by atoms with Crippen LogP contribution in [0.3, 0.4) is 0 Å². The first-order valence-electron chi connectivity index (χ1n) is 6.61. The molecule has 4 N–H and O–H groups in total. The molecule has 0 unspecified atom stereocenters. The predicted molar refractivity (Wildman–Crippen MR) is 76.3 cm³/mol. The van der Waals surface area contributed by atoms with Crippen molar-refractivity contribution in [2.24, 2.45) is 5.41 Å². The van der Waals surface area contributed by atoms with Crippen molar-refractivity contribution in [2.75, 3.05) is 0 Å². The van der Waals surface area contributed by atoms with Gasteiger partial charge in [0.25, 0.3) is 0 Å². The maximum Gasteiger partial charge on any atom is 0.245 e. The Morgan fingerprint density at radius 2 is 1.79 bits per heavy atom. The van der Waals surface area contributed by atoms with E-state index in [9.17, 15) is 9.90 Å². The van der Waals surface area contributed by atoms with E-state index in [1.165, 1.54) is 6.08 Å². The van der Waals surface area contributed by atoms with Crippen LogP contribution in [0.5, 0.6) is 0 Å². The van der Waals surface area contributed by atoms with Gasteiger partial charge in [-0.1, -0.05) is 20.8 Å². The average Bonchev–Trinajstić information content (AvgIpc) is 2.98. The normalized spacial score (nSPS) is 17.2. The fourth-order valence-electron chi connectivity index (χ4n) is 1.47. The largest absolute Gasteiger partial charge is 0.512 e. The molecule has 5 heteroatoms. The number of carbonyl (C=O) groups is 1. The van der Waals surface area contributed by atoms with Crippen LogP contribution in [0.25, 0.3) is 0 Å². The SMILES string of the molecule is CC(C)(NC1CC1)C(=O)NC(=N)/C=C(\O)C(C)(C)C.